The Morgan fingerprint density at radius 3 is 2.36 bits per heavy atom. The monoisotopic (exact) mass is 525 g/mol. The quantitative estimate of drug-likeness (QED) is 0.227. The van der Waals surface area contributed by atoms with Gasteiger partial charge in [0.2, 0.25) is 0 Å². The lowest BCUT2D eigenvalue weighted by molar-refractivity contribution is -0.384. The van der Waals surface area contributed by atoms with E-state index in [2.05, 4.69) is 64.4 Å². The molecule has 0 aromatic heterocycles. The van der Waals surface area contributed by atoms with Gasteiger partial charge in [0.1, 0.15) is 5.78 Å². The Kier molecular flexibility index (Phi) is 9.17. The molecule has 0 amide bonds. The molecule has 2 heterocycles. The van der Waals surface area contributed by atoms with E-state index in [1.807, 2.05) is 6.07 Å². The normalized spacial score (nSPS) is 18.8. The largest absolute Gasteiger partial charge is 0.299 e. The topological polar surface area (TPSA) is 66.7 Å². The van der Waals surface area contributed by atoms with E-state index in [1.54, 1.807) is 18.2 Å². The van der Waals surface area contributed by atoms with Gasteiger partial charge < -0.3 is 0 Å². The molecule has 204 valence electrons. The van der Waals surface area contributed by atoms with Crippen LogP contribution in [0.3, 0.4) is 0 Å². The van der Waals surface area contributed by atoms with E-state index >= 15 is 0 Å². The highest BCUT2D eigenvalue weighted by Gasteiger charge is 2.28. The number of nitro groups is 1. The Labute approximate surface area is 231 Å². The Hall–Kier alpha value is -3.35. The first-order chi connectivity index (χ1) is 19.0. The number of hydrogen-bond acceptors (Lipinski definition) is 5. The number of fused-ring (bicyclic) bond motifs is 1. The van der Waals surface area contributed by atoms with Gasteiger partial charge in [0.15, 0.2) is 0 Å². The average molecular weight is 526 g/mol. The minimum atomic E-state index is -0.328. The van der Waals surface area contributed by atoms with Crippen LogP contribution < -0.4 is 0 Å². The average Bonchev–Trinajstić information content (AvgIpc) is 3.14. The third-order valence-corrected chi connectivity index (χ3v) is 8.48. The highest BCUT2D eigenvalue weighted by Crippen LogP contribution is 2.30. The fraction of sp³-hybridized carbons (Fsp3) is 0.424. The highest BCUT2D eigenvalue weighted by atomic mass is 16.6. The molecule has 1 fully saturated rings. The number of likely N-dealkylation sites (tertiary alicyclic amines) is 1. The van der Waals surface area contributed by atoms with Crippen LogP contribution in [0.2, 0.25) is 0 Å². The van der Waals surface area contributed by atoms with E-state index in [9.17, 15) is 14.9 Å². The molecule has 0 aliphatic carbocycles. The van der Waals surface area contributed by atoms with Crippen LogP contribution >= 0.6 is 0 Å². The maximum atomic E-state index is 13.6. The lowest BCUT2D eigenvalue weighted by Gasteiger charge is -2.32. The molecule has 6 heteroatoms. The molecule has 6 nitrogen and oxygen atoms in total. The minimum Gasteiger partial charge on any atom is -0.299 e. The van der Waals surface area contributed by atoms with Gasteiger partial charge in [0.25, 0.3) is 5.69 Å². The van der Waals surface area contributed by atoms with Crippen molar-refractivity contribution in [3.05, 3.63) is 111 Å². The van der Waals surface area contributed by atoms with E-state index in [4.69, 9.17) is 0 Å². The van der Waals surface area contributed by atoms with Crippen LogP contribution in [0.5, 0.6) is 0 Å². The summed E-state index contributed by atoms with van der Waals surface area (Å²) in [6, 6.07) is 26.1. The molecule has 3 aromatic carbocycles. The van der Waals surface area contributed by atoms with Crippen LogP contribution in [-0.2, 0) is 24.3 Å². The predicted molar refractivity (Wildman–Crippen MR) is 155 cm³/mol. The zero-order chi connectivity index (χ0) is 27.0. The van der Waals surface area contributed by atoms with Gasteiger partial charge in [-0.2, -0.15) is 0 Å². The molecule has 1 atom stereocenters. The van der Waals surface area contributed by atoms with Gasteiger partial charge in [-0.05, 0) is 73.4 Å². The first-order valence-corrected chi connectivity index (χ1v) is 14.4. The summed E-state index contributed by atoms with van der Waals surface area (Å²) in [7, 11) is 0. The lowest BCUT2D eigenvalue weighted by Crippen LogP contribution is -2.33. The summed E-state index contributed by atoms with van der Waals surface area (Å²) in [5.41, 5.74) is 5.01. The van der Waals surface area contributed by atoms with Crippen molar-refractivity contribution in [1.82, 2.24) is 9.80 Å². The second kappa shape index (κ2) is 13.1. The van der Waals surface area contributed by atoms with Gasteiger partial charge >= 0.3 is 0 Å². The summed E-state index contributed by atoms with van der Waals surface area (Å²) < 4.78 is 0. The van der Waals surface area contributed by atoms with Crippen molar-refractivity contribution >= 4 is 11.5 Å². The van der Waals surface area contributed by atoms with Crippen molar-refractivity contribution in [2.75, 3.05) is 26.2 Å². The van der Waals surface area contributed by atoms with Gasteiger partial charge in [-0.15, -0.1) is 0 Å². The van der Waals surface area contributed by atoms with E-state index in [-0.39, 0.29) is 16.5 Å². The summed E-state index contributed by atoms with van der Waals surface area (Å²) in [5.74, 6) is 0.977. The zero-order valence-corrected chi connectivity index (χ0v) is 22.7. The Bertz CT molecular complexity index is 1250. The van der Waals surface area contributed by atoms with Crippen LogP contribution in [-0.4, -0.2) is 46.7 Å². The number of carbonyl (C=O) groups excluding carboxylic acids is 1. The summed E-state index contributed by atoms with van der Waals surface area (Å²) >= 11 is 0. The summed E-state index contributed by atoms with van der Waals surface area (Å²) in [5, 5.41) is 11.1. The second-order valence-electron chi connectivity index (χ2n) is 11.2. The third-order valence-electron chi connectivity index (χ3n) is 8.48. The third kappa shape index (κ3) is 7.40. The number of Topliss-reactive ketones (excluding diaryl/α,β-unsaturated/α-hetero) is 1. The summed E-state index contributed by atoms with van der Waals surface area (Å²) in [4.78, 5) is 29.2. The Morgan fingerprint density at radius 1 is 0.846 bits per heavy atom. The van der Waals surface area contributed by atoms with Crippen LogP contribution in [0, 0.1) is 16.0 Å². The standard InChI is InChI=1S/C33H39N3O3/c37-33(15-7-10-26-16-19-34(20-17-26)24-28-11-6-13-30(22-28)36(38)39)32-25-35(23-27-8-2-1-3-9-27)21-18-29-12-4-5-14-31(29)32/h1-6,8-9,11-14,22,26,32H,7,10,15-21,23-25H2. The van der Waals surface area contributed by atoms with Gasteiger partial charge in [-0.1, -0.05) is 66.7 Å². The first kappa shape index (κ1) is 27.2. The molecule has 1 unspecified atom stereocenters. The molecule has 5 rings (SSSR count). The smallest absolute Gasteiger partial charge is 0.269 e. The molecule has 0 saturated carbocycles. The molecular formula is C33H39N3O3. The molecule has 3 aromatic rings. The number of hydrogen-bond donors (Lipinski definition) is 0. The second-order valence-corrected chi connectivity index (χ2v) is 11.2. The van der Waals surface area contributed by atoms with E-state index in [0.29, 0.717) is 18.1 Å². The van der Waals surface area contributed by atoms with Crippen molar-refractivity contribution in [3.63, 3.8) is 0 Å². The number of non-ortho nitro benzene ring substituents is 1. The molecule has 0 spiro atoms. The minimum absolute atomic E-state index is 0.0517. The van der Waals surface area contributed by atoms with Crippen molar-refractivity contribution in [2.45, 2.75) is 57.5 Å². The number of benzene rings is 3. The van der Waals surface area contributed by atoms with Crippen LogP contribution in [0.15, 0.2) is 78.9 Å². The number of piperidine rings is 1. The van der Waals surface area contributed by atoms with Crippen LogP contribution in [0.1, 0.15) is 60.3 Å². The fourth-order valence-electron chi connectivity index (χ4n) is 6.29. The predicted octanol–water partition coefficient (Wildman–Crippen LogP) is 6.39. The van der Waals surface area contributed by atoms with Crippen molar-refractivity contribution in [2.24, 2.45) is 5.92 Å². The highest BCUT2D eigenvalue weighted by molar-refractivity contribution is 5.86. The lowest BCUT2D eigenvalue weighted by atomic mass is 9.86. The molecule has 0 radical (unpaired) electrons. The SMILES string of the molecule is O=C(CCCC1CCN(Cc2cccc([N+](=O)[O-])c2)CC1)C1CN(Cc2ccccc2)CCc2ccccc21. The maximum Gasteiger partial charge on any atom is 0.269 e. The van der Waals surface area contributed by atoms with E-state index < -0.39 is 0 Å². The molecule has 39 heavy (non-hydrogen) atoms. The van der Waals surface area contributed by atoms with Gasteiger partial charge in [0, 0.05) is 44.7 Å². The molecule has 2 aliphatic heterocycles. The zero-order valence-electron chi connectivity index (χ0n) is 22.7. The molecule has 0 bridgehead atoms. The molecule has 0 N–H and O–H groups in total. The molecule has 1 saturated heterocycles. The van der Waals surface area contributed by atoms with Crippen LogP contribution in [0.25, 0.3) is 0 Å². The number of rotatable bonds is 10. The van der Waals surface area contributed by atoms with Crippen molar-refractivity contribution < 1.29 is 9.72 Å². The Balaban J connectivity index is 1.11. The van der Waals surface area contributed by atoms with Gasteiger partial charge in [-0.25, -0.2) is 0 Å². The number of nitro benzene ring substituents is 1. The van der Waals surface area contributed by atoms with Crippen molar-refractivity contribution in [1.29, 1.82) is 0 Å². The fourth-order valence-corrected chi connectivity index (χ4v) is 6.29. The molecular weight excluding hydrogens is 486 g/mol. The number of carbonyl (C=O) groups is 1. The molecule has 2 aliphatic rings. The number of nitrogens with zero attached hydrogens (tertiary/aromatic N) is 3. The van der Waals surface area contributed by atoms with E-state index in [1.165, 1.54) is 16.7 Å². The van der Waals surface area contributed by atoms with Gasteiger partial charge in [0.05, 0.1) is 10.8 Å². The maximum absolute atomic E-state index is 13.6. The van der Waals surface area contributed by atoms with E-state index in [0.717, 1.165) is 76.9 Å². The van der Waals surface area contributed by atoms with Gasteiger partial charge in [-0.3, -0.25) is 24.7 Å². The summed E-state index contributed by atoms with van der Waals surface area (Å²) in [6.07, 6.45) is 5.93. The Morgan fingerprint density at radius 2 is 1.56 bits per heavy atom. The van der Waals surface area contributed by atoms with Crippen molar-refractivity contribution in [3.8, 4) is 0 Å². The summed E-state index contributed by atoms with van der Waals surface area (Å²) in [6.45, 7) is 5.42. The van der Waals surface area contributed by atoms with Crippen LogP contribution in [0.4, 0.5) is 5.69 Å². The first-order valence-electron chi connectivity index (χ1n) is 14.4. The number of ketones is 1.